The highest BCUT2D eigenvalue weighted by Gasteiger charge is 2.23. The van der Waals surface area contributed by atoms with Crippen LogP contribution in [0, 0.1) is 17.0 Å². The van der Waals surface area contributed by atoms with Gasteiger partial charge in [0.1, 0.15) is 6.33 Å². The van der Waals surface area contributed by atoms with Crippen molar-refractivity contribution in [2.45, 2.75) is 6.92 Å². The van der Waals surface area contributed by atoms with E-state index in [4.69, 9.17) is 0 Å². The van der Waals surface area contributed by atoms with E-state index in [1.807, 2.05) is 67.6 Å². The number of hydrogen-bond acceptors (Lipinski definition) is 8. The lowest BCUT2D eigenvalue weighted by Crippen LogP contribution is -2.13. The Kier molecular flexibility index (Phi) is 4.85. The van der Waals surface area contributed by atoms with Crippen LogP contribution in [0.25, 0.3) is 10.9 Å². The number of para-hydroxylation sites is 1. The highest BCUT2D eigenvalue weighted by Crippen LogP contribution is 2.33. The number of pyridine rings is 1. The van der Waals surface area contributed by atoms with Gasteiger partial charge in [-0.15, -0.1) is 0 Å². The Morgan fingerprint density at radius 1 is 0.897 bits per heavy atom. The molecule has 0 aliphatic carbocycles. The van der Waals surface area contributed by atoms with E-state index in [-0.39, 0.29) is 17.3 Å². The van der Waals surface area contributed by atoms with Gasteiger partial charge in [-0.05, 0) is 43.3 Å². The molecule has 0 saturated heterocycles. The first-order valence-corrected chi connectivity index (χ1v) is 8.81. The number of aromatic nitrogens is 3. The molecule has 0 atom stereocenters. The van der Waals surface area contributed by atoms with Gasteiger partial charge >= 0.3 is 5.69 Å². The van der Waals surface area contributed by atoms with Crippen molar-refractivity contribution in [1.82, 2.24) is 15.0 Å². The minimum Gasteiger partial charge on any atom is -0.334 e. The molecular weight excluding hydrogens is 370 g/mol. The second-order valence-electron chi connectivity index (χ2n) is 6.24. The average molecular weight is 387 g/mol. The number of hydrazine groups is 1. The average Bonchev–Trinajstić information content (AvgIpc) is 2.73. The van der Waals surface area contributed by atoms with Crippen LogP contribution < -0.4 is 16.2 Å². The summed E-state index contributed by atoms with van der Waals surface area (Å²) in [6.07, 6.45) is 1.26. The number of benzene rings is 2. The molecule has 0 bridgehead atoms. The number of aryl methyl sites for hydroxylation is 1. The maximum absolute atomic E-state index is 11.8. The fraction of sp³-hybridized carbons (Fsp3) is 0.0500. The van der Waals surface area contributed by atoms with Gasteiger partial charge < -0.3 is 5.32 Å². The molecule has 29 heavy (non-hydrogen) atoms. The third-order valence-corrected chi connectivity index (χ3v) is 4.23. The lowest BCUT2D eigenvalue weighted by atomic mass is 10.1. The molecular formula is C20H17N7O2. The van der Waals surface area contributed by atoms with Gasteiger partial charge in [0, 0.05) is 16.8 Å². The van der Waals surface area contributed by atoms with Crippen LogP contribution in [0.5, 0.6) is 0 Å². The molecule has 0 radical (unpaired) electrons. The minimum atomic E-state index is -0.523. The van der Waals surface area contributed by atoms with Gasteiger partial charge in [0.2, 0.25) is 11.6 Å². The number of nitrogens with zero attached hydrogens (tertiary/aromatic N) is 4. The molecule has 0 fully saturated rings. The molecule has 0 amide bonds. The SMILES string of the molecule is Cc1ccc2c(Nc3ncnc(NNc4ccccc4)c3[N+](=O)[O-])cccc2n1. The van der Waals surface area contributed by atoms with E-state index >= 15 is 0 Å². The fourth-order valence-electron chi connectivity index (χ4n) is 2.88. The number of nitrogens with one attached hydrogen (secondary N) is 3. The molecule has 0 aliphatic rings. The van der Waals surface area contributed by atoms with Gasteiger partial charge in [0.25, 0.3) is 0 Å². The Balaban J connectivity index is 1.68. The second-order valence-corrected chi connectivity index (χ2v) is 6.24. The van der Waals surface area contributed by atoms with E-state index in [0.29, 0.717) is 5.69 Å². The van der Waals surface area contributed by atoms with Crippen LogP contribution in [-0.2, 0) is 0 Å². The van der Waals surface area contributed by atoms with E-state index in [2.05, 4.69) is 31.1 Å². The van der Waals surface area contributed by atoms with Crippen LogP contribution >= 0.6 is 0 Å². The Morgan fingerprint density at radius 2 is 1.69 bits per heavy atom. The van der Waals surface area contributed by atoms with E-state index in [1.54, 1.807) is 0 Å². The summed E-state index contributed by atoms with van der Waals surface area (Å²) in [5.74, 6) is 0.126. The molecule has 2 aromatic heterocycles. The zero-order valence-electron chi connectivity index (χ0n) is 15.5. The normalized spacial score (nSPS) is 10.5. The van der Waals surface area contributed by atoms with Gasteiger partial charge in [-0.3, -0.25) is 25.9 Å². The van der Waals surface area contributed by atoms with Crippen LogP contribution in [0.15, 0.2) is 67.0 Å². The highest BCUT2D eigenvalue weighted by atomic mass is 16.6. The van der Waals surface area contributed by atoms with Crippen LogP contribution in [-0.4, -0.2) is 19.9 Å². The van der Waals surface area contributed by atoms with Crippen molar-refractivity contribution < 1.29 is 4.92 Å². The molecule has 0 saturated carbocycles. The summed E-state index contributed by atoms with van der Waals surface area (Å²) in [6, 6.07) is 18.6. The smallest absolute Gasteiger partial charge is 0.334 e. The fourth-order valence-corrected chi connectivity index (χ4v) is 2.88. The highest BCUT2D eigenvalue weighted by molar-refractivity contribution is 5.94. The summed E-state index contributed by atoms with van der Waals surface area (Å²) >= 11 is 0. The van der Waals surface area contributed by atoms with Crippen molar-refractivity contribution in [2.24, 2.45) is 0 Å². The summed E-state index contributed by atoms with van der Waals surface area (Å²) in [5.41, 5.74) is 8.50. The topological polar surface area (TPSA) is 118 Å². The zero-order chi connectivity index (χ0) is 20.2. The van der Waals surface area contributed by atoms with Gasteiger partial charge in [-0.2, -0.15) is 0 Å². The summed E-state index contributed by atoms with van der Waals surface area (Å²) in [6.45, 7) is 1.91. The lowest BCUT2D eigenvalue weighted by molar-refractivity contribution is -0.383. The maximum Gasteiger partial charge on any atom is 0.355 e. The summed E-state index contributed by atoms with van der Waals surface area (Å²) in [4.78, 5) is 23.8. The first-order chi connectivity index (χ1) is 14.1. The Morgan fingerprint density at radius 3 is 2.48 bits per heavy atom. The number of hydrogen-bond donors (Lipinski definition) is 3. The predicted octanol–water partition coefficient (Wildman–Crippen LogP) is 4.42. The van der Waals surface area contributed by atoms with Crippen LogP contribution in [0.4, 0.5) is 28.7 Å². The van der Waals surface area contributed by atoms with Crippen molar-refractivity contribution in [3.8, 4) is 0 Å². The summed E-state index contributed by atoms with van der Waals surface area (Å²) in [7, 11) is 0. The van der Waals surface area contributed by atoms with Crippen LogP contribution in [0.3, 0.4) is 0 Å². The number of fused-ring (bicyclic) bond motifs is 1. The minimum absolute atomic E-state index is 0.0468. The largest absolute Gasteiger partial charge is 0.355 e. The van der Waals surface area contributed by atoms with Gasteiger partial charge in [-0.25, -0.2) is 9.97 Å². The number of nitro groups is 1. The Hall–Kier alpha value is -4.27. The molecule has 2 aromatic carbocycles. The van der Waals surface area contributed by atoms with Crippen molar-refractivity contribution in [2.75, 3.05) is 16.2 Å². The molecule has 0 unspecified atom stereocenters. The predicted molar refractivity (Wildman–Crippen MR) is 112 cm³/mol. The monoisotopic (exact) mass is 387 g/mol. The summed E-state index contributed by atoms with van der Waals surface area (Å²) < 4.78 is 0. The molecule has 0 aliphatic heterocycles. The first kappa shape index (κ1) is 18.1. The van der Waals surface area contributed by atoms with Crippen molar-refractivity contribution in [3.05, 3.63) is 82.8 Å². The van der Waals surface area contributed by atoms with E-state index in [0.717, 1.165) is 22.3 Å². The Labute approximate surface area is 166 Å². The first-order valence-electron chi connectivity index (χ1n) is 8.81. The molecule has 144 valence electrons. The van der Waals surface area contributed by atoms with Gasteiger partial charge in [-0.1, -0.05) is 24.3 Å². The molecule has 0 spiro atoms. The Bertz CT molecular complexity index is 1180. The molecule has 2 heterocycles. The molecule has 3 N–H and O–H groups in total. The van der Waals surface area contributed by atoms with Gasteiger partial charge in [0.05, 0.1) is 16.1 Å². The molecule has 9 nitrogen and oxygen atoms in total. The van der Waals surface area contributed by atoms with Crippen molar-refractivity contribution in [1.29, 1.82) is 0 Å². The van der Waals surface area contributed by atoms with E-state index in [1.165, 1.54) is 6.33 Å². The van der Waals surface area contributed by atoms with Crippen molar-refractivity contribution in [3.63, 3.8) is 0 Å². The van der Waals surface area contributed by atoms with Crippen LogP contribution in [0.1, 0.15) is 5.69 Å². The van der Waals surface area contributed by atoms with E-state index < -0.39 is 4.92 Å². The van der Waals surface area contributed by atoms with Crippen LogP contribution in [0.2, 0.25) is 0 Å². The third-order valence-electron chi connectivity index (χ3n) is 4.23. The number of rotatable bonds is 6. The number of anilines is 4. The zero-order valence-corrected chi connectivity index (χ0v) is 15.5. The quantitative estimate of drug-likeness (QED) is 0.329. The third kappa shape index (κ3) is 3.88. The van der Waals surface area contributed by atoms with Gasteiger partial charge in [0.15, 0.2) is 0 Å². The standard InChI is InChI=1S/C20H17N7O2/c1-13-10-11-15-16(23-13)8-5-9-17(15)24-19-18(27(28)29)20(22-12-21-19)26-25-14-6-3-2-4-7-14/h2-12,25H,1H3,(H2,21,22,24,26). The second kappa shape index (κ2) is 7.77. The molecule has 4 rings (SSSR count). The van der Waals surface area contributed by atoms with E-state index in [9.17, 15) is 10.1 Å². The maximum atomic E-state index is 11.8. The summed E-state index contributed by atoms with van der Waals surface area (Å²) in [5, 5.41) is 15.6. The molecule has 4 aromatic rings. The lowest BCUT2D eigenvalue weighted by Gasteiger charge is -2.12. The molecule has 9 heteroatoms. The van der Waals surface area contributed by atoms with Crippen molar-refractivity contribution >= 4 is 39.6 Å².